The van der Waals surface area contributed by atoms with Crippen molar-refractivity contribution >= 4 is 21.6 Å². The summed E-state index contributed by atoms with van der Waals surface area (Å²) < 4.78 is 28.5. The van der Waals surface area contributed by atoms with E-state index in [1.807, 2.05) is 12.1 Å². The molecule has 1 aliphatic heterocycles. The van der Waals surface area contributed by atoms with Crippen molar-refractivity contribution in [1.82, 2.24) is 5.32 Å². The van der Waals surface area contributed by atoms with Crippen LogP contribution in [-0.2, 0) is 9.84 Å². The van der Waals surface area contributed by atoms with E-state index in [2.05, 4.69) is 10.6 Å². The monoisotopic (exact) mass is 336 g/mol. The molecule has 0 radical (unpaired) electrons. The van der Waals surface area contributed by atoms with E-state index < -0.39 is 21.9 Å². The van der Waals surface area contributed by atoms with Crippen molar-refractivity contribution in [2.24, 2.45) is 0 Å². The van der Waals surface area contributed by atoms with Crippen LogP contribution in [0.25, 0.3) is 0 Å². The van der Waals surface area contributed by atoms with Crippen molar-refractivity contribution in [2.45, 2.75) is 37.8 Å². The number of rotatable bonds is 4. The van der Waals surface area contributed by atoms with Crippen molar-refractivity contribution in [1.29, 1.82) is 0 Å². The van der Waals surface area contributed by atoms with Crippen LogP contribution in [0.2, 0.25) is 0 Å². The third kappa shape index (κ3) is 4.48. The first-order chi connectivity index (χ1) is 11.0. The zero-order valence-corrected chi connectivity index (χ0v) is 13.5. The molecule has 6 nitrogen and oxygen atoms in total. The number of sulfone groups is 1. The summed E-state index contributed by atoms with van der Waals surface area (Å²) in [6.45, 7) is 0. The average molecular weight is 336 g/mol. The number of benzene rings is 1. The van der Waals surface area contributed by atoms with E-state index in [0.717, 1.165) is 24.0 Å². The Hall–Kier alpha value is -2.02. The zero-order chi connectivity index (χ0) is 16.3. The van der Waals surface area contributed by atoms with Gasteiger partial charge in [-0.1, -0.05) is 6.07 Å². The fourth-order valence-electron chi connectivity index (χ4n) is 2.85. The highest BCUT2D eigenvalue weighted by Crippen LogP contribution is 2.25. The lowest BCUT2D eigenvalue weighted by Gasteiger charge is -2.15. The Bertz CT molecular complexity index is 709. The van der Waals surface area contributed by atoms with Crippen LogP contribution in [0, 0.1) is 0 Å². The van der Waals surface area contributed by atoms with Gasteiger partial charge >= 0.3 is 6.03 Å². The van der Waals surface area contributed by atoms with Crippen molar-refractivity contribution in [3.8, 4) is 5.75 Å². The minimum absolute atomic E-state index is 0.0920. The lowest BCUT2D eigenvalue weighted by molar-refractivity contribution is 0.210. The Morgan fingerprint density at radius 2 is 2.00 bits per heavy atom. The summed E-state index contributed by atoms with van der Waals surface area (Å²) in [5.74, 6) is 0.642. The average Bonchev–Trinajstić information content (AvgIpc) is 3.09. The molecule has 1 aromatic rings. The molecule has 2 N–H and O–H groups in total. The van der Waals surface area contributed by atoms with Crippen LogP contribution in [-0.4, -0.2) is 32.3 Å². The van der Waals surface area contributed by atoms with Gasteiger partial charge in [-0.15, -0.1) is 0 Å². The number of hydrogen-bond donors (Lipinski definition) is 2. The molecule has 0 spiro atoms. The second kappa shape index (κ2) is 6.62. The highest BCUT2D eigenvalue weighted by atomic mass is 32.2. The number of urea groups is 1. The van der Waals surface area contributed by atoms with Gasteiger partial charge in [0.2, 0.25) is 0 Å². The fraction of sp³-hybridized carbons (Fsp3) is 0.438. The van der Waals surface area contributed by atoms with Crippen molar-refractivity contribution < 1.29 is 17.9 Å². The molecule has 0 bridgehead atoms. The largest absolute Gasteiger partial charge is 0.490 e. The van der Waals surface area contributed by atoms with E-state index in [0.29, 0.717) is 5.69 Å². The maximum absolute atomic E-state index is 11.9. The second-order valence-electron chi connectivity index (χ2n) is 5.92. The number of nitrogens with one attached hydrogen (secondary N) is 2. The van der Waals surface area contributed by atoms with E-state index in [1.165, 1.54) is 18.9 Å². The van der Waals surface area contributed by atoms with Gasteiger partial charge in [-0.2, -0.15) is 0 Å². The van der Waals surface area contributed by atoms with Gasteiger partial charge in [-0.05, 0) is 43.9 Å². The van der Waals surface area contributed by atoms with Crippen molar-refractivity contribution in [2.75, 3.05) is 11.1 Å². The SMILES string of the molecule is O=C(Nc1cccc(OC2CCCC2)c1)NC1C=CS(=O)(=O)C1. The van der Waals surface area contributed by atoms with Gasteiger partial charge in [-0.3, -0.25) is 0 Å². The number of carbonyl (C=O) groups excluding carboxylic acids is 1. The molecule has 23 heavy (non-hydrogen) atoms. The number of anilines is 1. The quantitative estimate of drug-likeness (QED) is 0.884. The van der Waals surface area contributed by atoms with Gasteiger partial charge in [0.1, 0.15) is 5.75 Å². The molecule has 1 aliphatic carbocycles. The molecule has 2 aliphatic rings. The molecule has 3 rings (SSSR count). The van der Waals surface area contributed by atoms with Crippen LogP contribution >= 0.6 is 0 Å². The standard InChI is InChI=1S/C16H20N2O4S/c19-16(18-13-8-9-23(20,21)11-13)17-12-4-3-7-15(10-12)22-14-5-1-2-6-14/h3-4,7-10,13-14H,1-2,5-6,11H2,(H2,17,18,19). The maximum Gasteiger partial charge on any atom is 0.319 e. The summed E-state index contributed by atoms with van der Waals surface area (Å²) >= 11 is 0. The van der Waals surface area contributed by atoms with E-state index >= 15 is 0 Å². The van der Waals surface area contributed by atoms with E-state index in [1.54, 1.807) is 12.1 Å². The van der Waals surface area contributed by atoms with E-state index in [9.17, 15) is 13.2 Å². The Labute approximate surface area is 135 Å². The number of ether oxygens (including phenoxy) is 1. The lowest BCUT2D eigenvalue weighted by atomic mass is 10.2. The predicted octanol–water partition coefficient (Wildman–Crippen LogP) is 2.44. The highest BCUT2D eigenvalue weighted by molar-refractivity contribution is 7.94. The van der Waals surface area contributed by atoms with Crippen molar-refractivity contribution in [3.63, 3.8) is 0 Å². The highest BCUT2D eigenvalue weighted by Gasteiger charge is 2.23. The smallest absolute Gasteiger partial charge is 0.319 e. The molecular formula is C16H20N2O4S. The Balaban J connectivity index is 1.55. The molecule has 1 unspecified atom stereocenters. The van der Waals surface area contributed by atoms with Crippen LogP contribution in [0.5, 0.6) is 5.75 Å². The number of carbonyl (C=O) groups is 1. The van der Waals surface area contributed by atoms with Crippen LogP contribution in [0.1, 0.15) is 25.7 Å². The Morgan fingerprint density at radius 3 is 2.70 bits per heavy atom. The third-order valence-corrected chi connectivity index (χ3v) is 5.34. The lowest BCUT2D eigenvalue weighted by Crippen LogP contribution is -2.38. The molecule has 1 atom stereocenters. The molecule has 7 heteroatoms. The summed E-state index contributed by atoms with van der Waals surface area (Å²) in [7, 11) is -3.18. The molecule has 124 valence electrons. The van der Waals surface area contributed by atoms with Gasteiger partial charge in [0.05, 0.1) is 17.9 Å². The normalized spacial score (nSPS) is 22.9. The molecule has 1 saturated carbocycles. The Morgan fingerprint density at radius 1 is 1.22 bits per heavy atom. The molecule has 1 fully saturated rings. The minimum atomic E-state index is -3.18. The van der Waals surface area contributed by atoms with Gasteiger partial charge in [0, 0.05) is 17.2 Å². The molecule has 1 aromatic carbocycles. The first-order valence-electron chi connectivity index (χ1n) is 7.75. The summed E-state index contributed by atoms with van der Waals surface area (Å²) in [5.41, 5.74) is 0.614. The van der Waals surface area contributed by atoms with Gasteiger partial charge in [0.15, 0.2) is 9.84 Å². The first-order valence-corrected chi connectivity index (χ1v) is 9.47. The fourth-order valence-corrected chi connectivity index (χ4v) is 4.08. The van der Waals surface area contributed by atoms with E-state index in [-0.39, 0.29) is 11.9 Å². The van der Waals surface area contributed by atoms with Gasteiger partial charge < -0.3 is 15.4 Å². The van der Waals surface area contributed by atoms with Crippen molar-refractivity contribution in [3.05, 3.63) is 35.7 Å². The topological polar surface area (TPSA) is 84.5 Å². The number of amides is 2. The molecule has 2 amide bonds. The molecular weight excluding hydrogens is 316 g/mol. The van der Waals surface area contributed by atoms with E-state index in [4.69, 9.17) is 4.74 Å². The first kappa shape index (κ1) is 15.9. The third-order valence-electron chi connectivity index (χ3n) is 3.94. The van der Waals surface area contributed by atoms with Gasteiger partial charge in [-0.25, -0.2) is 13.2 Å². The van der Waals surface area contributed by atoms with Crippen LogP contribution in [0.3, 0.4) is 0 Å². The Kier molecular flexibility index (Phi) is 4.56. The van der Waals surface area contributed by atoms with Gasteiger partial charge in [0.25, 0.3) is 0 Å². The maximum atomic E-state index is 11.9. The molecule has 0 aromatic heterocycles. The summed E-state index contributed by atoms with van der Waals surface area (Å²) in [6, 6.07) is 6.31. The predicted molar refractivity (Wildman–Crippen MR) is 88.2 cm³/mol. The summed E-state index contributed by atoms with van der Waals surface area (Å²) in [6.07, 6.45) is 6.27. The van der Waals surface area contributed by atoms with Crippen LogP contribution < -0.4 is 15.4 Å². The summed E-state index contributed by atoms with van der Waals surface area (Å²) in [5, 5.41) is 6.45. The van der Waals surface area contributed by atoms with Crippen LogP contribution in [0.4, 0.5) is 10.5 Å². The number of hydrogen-bond acceptors (Lipinski definition) is 4. The molecule has 0 saturated heterocycles. The molecule has 1 heterocycles. The minimum Gasteiger partial charge on any atom is -0.490 e. The zero-order valence-electron chi connectivity index (χ0n) is 12.7. The second-order valence-corrected chi connectivity index (χ2v) is 7.85. The summed E-state index contributed by atoms with van der Waals surface area (Å²) in [4.78, 5) is 11.9. The van der Waals surface area contributed by atoms with Crippen LogP contribution in [0.15, 0.2) is 35.7 Å².